The Morgan fingerprint density at radius 2 is 2.10 bits per heavy atom. The second-order valence-corrected chi connectivity index (χ2v) is 5.21. The van der Waals surface area contributed by atoms with E-state index in [0.29, 0.717) is 21.7 Å². The van der Waals surface area contributed by atoms with Crippen molar-refractivity contribution in [3.8, 4) is 0 Å². The number of anilines is 1. The van der Waals surface area contributed by atoms with Crippen LogP contribution in [-0.2, 0) is 4.79 Å². The van der Waals surface area contributed by atoms with Crippen LogP contribution in [0, 0.1) is 12.7 Å². The van der Waals surface area contributed by atoms with Crippen LogP contribution >= 0.6 is 11.3 Å². The number of hydrogen-bond donors (Lipinski definition) is 2. The number of halogens is 1. The summed E-state index contributed by atoms with van der Waals surface area (Å²) in [4.78, 5) is 23.0. The Morgan fingerprint density at radius 1 is 1.33 bits per heavy atom. The minimum atomic E-state index is -1.09. The van der Waals surface area contributed by atoms with Crippen molar-refractivity contribution < 1.29 is 19.1 Å². The van der Waals surface area contributed by atoms with Crippen LogP contribution in [-0.4, -0.2) is 17.0 Å². The summed E-state index contributed by atoms with van der Waals surface area (Å²) in [6.45, 7) is 1.63. The quantitative estimate of drug-likeness (QED) is 0.849. The number of carboxylic acids is 1. The lowest BCUT2D eigenvalue weighted by atomic mass is 10.2. The van der Waals surface area contributed by atoms with Crippen LogP contribution in [0.2, 0.25) is 0 Å². The maximum atomic E-state index is 13.4. The highest BCUT2D eigenvalue weighted by molar-refractivity contribution is 7.12. The van der Waals surface area contributed by atoms with Gasteiger partial charge in [-0.15, -0.1) is 11.3 Å². The Hall–Kier alpha value is -2.47. The van der Waals surface area contributed by atoms with Gasteiger partial charge in [0.15, 0.2) is 0 Å². The van der Waals surface area contributed by atoms with E-state index in [0.717, 1.165) is 6.08 Å². The third kappa shape index (κ3) is 3.76. The number of carbonyl (C=O) groups excluding carboxylic acids is 1. The summed E-state index contributed by atoms with van der Waals surface area (Å²) in [5.74, 6) is -1.89. The molecule has 6 heteroatoms. The van der Waals surface area contributed by atoms with Crippen molar-refractivity contribution in [3.63, 3.8) is 0 Å². The lowest BCUT2D eigenvalue weighted by Crippen LogP contribution is -2.11. The zero-order valence-electron chi connectivity index (χ0n) is 11.1. The number of amides is 1. The predicted octanol–water partition coefficient (Wildman–Crippen LogP) is 3.55. The van der Waals surface area contributed by atoms with E-state index in [1.54, 1.807) is 30.5 Å². The minimum Gasteiger partial charge on any atom is -0.478 e. The third-order valence-corrected chi connectivity index (χ3v) is 3.67. The number of hydrogen-bond acceptors (Lipinski definition) is 3. The van der Waals surface area contributed by atoms with Crippen molar-refractivity contribution in [2.45, 2.75) is 6.92 Å². The fraction of sp³-hybridized carbons (Fsp3) is 0.0667. The summed E-state index contributed by atoms with van der Waals surface area (Å²) < 4.78 is 13.4. The molecule has 0 fully saturated rings. The molecule has 1 heterocycles. The molecule has 4 nitrogen and oxygen atoms in total. The summed E-state index contributed by atoms with van der Waals surface area (Å²) in [6.07, 6.45) is 2.31. The minimum absolute atomic E-state index is 0.352. The summed E-state index contributed by atoms with van der Waals surface area (Å²) in [5.41, 5.74) is 1.35. The highest BCUT2D eigenvalue weighted by Gasteiger charge is 2.12. The van der Waals surface area contributed by atoms with Crippen molar-refractivity contribution >= 4 is 35.0 Å². The van der Waals surface area contributed by atoms with E-state index in [9.17, 15) is 14.0 Å². The summed E-state index contributed by atoms with van der Waals surface area (Å²) in [5, 5.41) is 12.9. The molecule has 21 heavy (non-hydrogen) atoms. The van der Waals surface area contributed by atoms with E-state index in [-0.39, 0.29) is 0 Å². The Labute approximate surface area is 124 Å². The van der Waals surface area contributed by atoms with Crippen LogP contribution in [0.5, 0.6) is 0 Å². The van der Waals surface area contributed by atoms with Crippen molar-refractivity contribution in [2.75, 3.05) is 5.32 Å². The number of aryl methyl sites for hydroxylation is 1. The van der Waals surface area contributed by atoms with Gasteiger partial charge in [0.05, 0.1) is 4.88 Å². The van der Waals surface area contributed by atoms with Gasteiger partial charge in [-0.05, 0) is 47.7 Å². The maximum Gasteiger partial charge on any atom is 0.328 e. The number of rotatable bonds is 4. The van der Waals surface area contributed by atoms with Crippen LogP contribution in [0.3, 0.4) is 0 Å². The summed E-state index contributed by atoms with van der Waals surface area (Å²) in [6, 6.07) is 6.07. The Kier molecular flexibility index (Phi) is 4.49. The first-order chi connectivity index (χ1) is 9.97. The zero-order chi connectivity index (χ0) is 15.4. The zero-order valence-corrected chi connectivity index (χ0v) is 11.9. The monoisotopic (exact) mass is 305 g/mol. The van der Waals surface area contributed by atoms with E-state index in [1.165, 1.54) is 23.5 Å². The van der Waals surface area contributed by atoms with Crippen molar-refractivity contribution in [2.24, 2.45) is 0 Å². The highest BCUT2D eigenvalue weighted by Crippen LogP contribution is 2.21. The molecule has 108 valence electrons. The molecule has 2 aromatic rings. The summed E-state index contributed by atoms with van der Waals surface area (Å²) in [7, 11) is 0. The molecule has 1 aromatic heterocycles. The van der Waals surface area contributed by atoms with Gasteiger partial charge >= 0.3 is 5.97 Å². The molecule has 0 saturated heterocycles. The van der Waals surface area contributed by atoms with Crippen LogP contribution in [0.15, 0.2) is 35.7 Å². The molecule has 1 aromatic carbocycles. The van der Waals surface area contributed by atoms with Crippen LogP contribution < -0.4 is 5.32 Å². The molecule has 0 saturated carbocycles. The van der Waals surface area contributed by atoms with E-state index in [4.69, 9.17) is 5.11 Å². The third-order valence-electron chi connectivity index (χ3n) is 2.74. The number of carboxylic acid groups (broad SMARTS) is 1. The number of benzene rings is 1. The molecule has 0 bridgehead atoms. The second kappa shape index (κ2) is 6.32. The fourth-order valence-corrected chi connectivity index (χ4v) is 2.44. The van der Waals surface area contributed by atoms with Gasteiger partial charge in [0, 0.05) is 11.8 Å². The highest BCUT2D eigenvalue weighted by atomic mass is 32.1. The fourth-order valence-electron chi connectivity index (χ4n) is 1.65. The van der Waals surface area contributed by atoms with Gasteiger partial charge in [-0.2, -0.15) is 0 Å². The van der Waals surface area contributed by atoms with Gasteiger partial charge in [-0.3, -0.25) is 4.79 Å². The Morgan fingerprint density at radius 3 is 2.76 bits per heavy atom. The second-order valence-electron chi connectivity index (χ2n) is 4.29. The topological polar surface area (TPSA) is 66.4 Å². The number of nitrogens with one attached hydrogen (secondary N) is 1. The van der Waals surface area contributed by atoms with Gasteiger partial charge < -0.3 is 10.4 Å². The molecular formula is C15H12FNO3S. The molecule has 0 aliphatic heterocycles. The number of thiophene rings is 1. The first-order valence-corrected chi connectivity index (χ1v) is 6.91. The van der Waals surface area contributed by atoms with Crippen molar-refractivity contribution in [1.29, 1.82) is 0 Å². The van der Waals surface area contributed by atoms with Gasteiger partial charge in [0.2, 0.25) is 0 Å². The molecule has 0 radical (unpaired) electrons. The van der Waals surface area contributed by atoms with E-state index >= 15 is 0 Å². The van der Waals surface area contributed by atoms with Crippen LogP contribution in [0.4, 0.5) is 10.1 Å². The number of aliphatic carboxylic acids is 1. The number of carbonyl (C=O) groups is 2. The van der Waals surface area contributed by atoms with Gasteiger partial charge in [-0.1, -0.05) is 6.07 Å². The average Bonchev–Trinajstić information content (AvgIpc) is 2.89. The molecule has 0 spiro atoms. The molecule has 1 amide bonds. The van der Waals surface area contributed by atoms with E-state index in [1.807, 2.05) is 0 Å². The van der Waals surface area contributed by atoms with E-state index in [2.05, 4.69) is 5.32 Å². The summed E-state index contributed by atoms with van der Waals surface area (Å²) >= 11 is 1.19. The molecular weight excluding hydrogens is 293 g/mol. The van der Waals surface area contributed by atoms with Crippen LogP contribution in [0.25, 0.3) is 6.08 Å². The lowest BCUT2D eigenvalue weighted by molar-refractivity contribution is -0.131. The Bertz CT molecular complexity index is 721. The molecule has 2 rings (SSSR count). The Balaban J connectivity index is 2.19. The van der Waals surface area contributed by atoms with Gasteiger partial charge in [0.25, 0.3) is 5.91 Å². The maximum absolute atomic E-state index is 13.4. The lowest BCUT2D eigenvalue weighted by Gasteiger charge is -2.06. The average molecular weight is 305 g/mol. The molecule has 0 aliphatic carbocycles. The first kappa shape index (κ1) is 14.9. The first-order valence-electron chi connectivity index (χ1n) is 6.03. The standard InChI is InChI=1S/C15H12FNO3S/c1-9-2-4-11(8-12(9)16)17-15(20)14-10(6-7-21-14)3-5-13(18)19/h2-8H,1H3,(H,17,20)(H,18,19). The SMILES string of the molecule is Cc1ccc(NC(=O)c2sccc2C=CC(=O)O)cc1F. The van der Waals surface area contributed by atoms with E-state index < -0.39 is 17.7 Å². The normalized spacial score (nSPS) is 10.8. The van der Waals surface area contributed by atoms with Gasteiger partial charge in [0.1, 0.15) is 5.82 Å². The van der Waals surface area contributed by atoms with Gasteiger partial charge in [-0.25, -0.2) is 9.18 Å². The molecule has 0 unspecified atom stereocenters. The molecule has 2 N–H and O–H groups in total. The smallest absolute Gasteiger partial charge is 0.328 e. The van der Waals surface area contributed by atoms with Crippen molar-refractivity contribution in [3.05, 3.63) is 57.5 Å². The predicted molar refractivity (Wildman–Crippen MR) is 80.1 cm³/mol. The molecule has 0 atom stereocenters. The van der Waals surface area contributed by atoms with Crippen molar-refractivity contribution in [1.82, 2.24) is 0 Å². The van der Waals surface area contributed by atoms with Crippen LogP contribution in [0.1, 0.15) is 20.8 Å². The largest absolute Gasteiger partial charge is 0.478 e. The molecule has 0 aliphatic rings.